The summed E-state index contributed by atoms with van der Waals surface area (Å²) in [5.41, 5.74) is 0.0424. The van der Waals surface area contributed by atoms with E-state index in [4.69, 9.17) is 5.11 Å². The van der Waals surface area contributed by atoms with Crippen molar-refractivity contribution in [2.45, 2.75) is 0 Å². The quantitative estimate of drug-likeness (QED) is 0.910. The predicted molar refractivity (Wildman–Crippen MR) is 66.3 cm³/mol. The van der Waals surface area contributed by atoms with Gasteiger partial charge in [-0.2, -0.15) is 0 Å². The van der Waals surface area contributed by atoms with Gasteiger partial charge in [-0.15, -0.1) is 0 Å². The number of carboxylic acids is 1. The van der Waals surface area contributed by atoms with E-state index in [9.17, 15) is 14.0 Å². The number of amides is 1. The summed E-state index contributed by atoms with van der Waals surface area (Å²) >= 11 is 0. The van der Waals surface area contributed by atoms with Crippen molar-refractivity contribution in [3.8, 4) is 0 Å². The fourth-order valence-corrected chi connectivity index (χ4v) is 1.79. The molecule has 0 aliphatic rings. The largest absolute Gasteiger partial charge is 0.480 e. The van der Waals surface area contributed by atoms with Gasteiger partial charge in [-0.3, -0.25) is 14.6 Å². The van der Waals surface area contributed by atoms with E-state index in [0.29, 0.717) is 5.39 Å². The second-order valence-corrected chi connectivity index (χ2v) is 4.05. The molecule has 1 N–H and O–H groups in total. The molecule has 0 unspecified atom stereocenters. The fourth-order valence-electron chi connectivity index (χ4n) is 1.79. The van der Waals surface area contributed by atoms with Crippen molar-refractivity contribution >= 4 is 22.6 Å². The van der Waals surface area contributed by atoms with Crippen LogP contribution in [0.4, 0.5) is 4.39 Å². The van der Waals surface area contributed by atoms with Crippen molar-refractivity contribution in [2.24, 2.45) is 0 Å². The van der Waals surface area contributed by atoms with Crippen LogP contribution in [0.2, 0.25) is 0 Å². The molecule has 0 fully saturated rings. The number of aliphatic carboxylic acids is 1. The van der Waals surface area contributed by atoms with Crippen LogP contribution in [-0.4, -0.2) is 40.5 Å². The second-order valence-electron chi connectivity index (χ2n) is 4.05. The third kappa shape index (κ3) is 2.52. The van der Waals surface area contributed by atoms with Crippen molar-refractivity contribution in [3.05, 3.63) is 42.0 Å². The van der Waals surface area contributed by atoms with E-state index in [1.54, 1.807) is 6.07 Å². The Morgan fingerprint density at radius 1 is 1.32 bits per heavy atom. The molecule has 1 heterocycles. The van der Waals surface area contributed by atoms with E-state index in [-0.39, 0.29) is 11.1 Å². The smallest absolute Gasteiger partial charge is 0.323 e. The molecule has 0 spiro atoms. The molecule has 1 aromatic heterocycles. The lowest BCUT2D eigenvalue weighted by Gasteiger charge is -2.15. The number of fused-ring (bicyclic) bond motifs is 1. The van der Waals surface area contributed by atoms with Crippen LogP contribution in [0, 0.1) is 5.82 Å². The highest BCUT2D eigenvalue weighted by Crippen LogP contribution is 2.20. The number of benzene rings is 1. The van der Waals surface area contributed by atoms with Crippen molar-refractivity contribution < 1.29 is 19.1 Å². The highest BCUT2D eigenvalue weighted by atomic mass is 19.1. The molecule has 0 aliphatic carbocycles. The zero-order valence-electron chi connectivity index (χ0n) is 10.1. The topological polar surface area (TPSA) is 70.5 Å². The summed E-state index contributed by atoms with van der Waals surface area (Å²) in [7, 11) is 1.36. The van der Waals surface area contributed by atoms with Crippen molar-refractivity contribution in [2.75, 3.05) is 13.6 Å². The molecule has 0 atom stereocenters. The van der Waals surface area contributed by atoms with Crippen molar-refractivity contribution in [1.29, 1.82) is 0 Å². The zero-order chi connectivity index (χ0) is 14.0. The van der Waals surface area contributed by atoms with Crippen LogP contribution in [0.5, 0.6) is 0 Å². The Morgan fingerprint density at radius 2 is 2.05 bits per heavy atom. The van der Waals surface area contributed by atoms with Crippen LogP contribution in [-0.2, 0) is 4.79 Å². The number of aromatic nitrogens is 1. The Balaban J connectivity index is 2.48. The van der Waals surface area contributed by atoms with Crippen LogP contribution in [0.1, 0.15) is 10.5 Å². The van der Waals surface area contributed by atoms with Crippen molar-refractivity contribution in [3.63, 3.8) is 0 Å². The van der Waals surface area contributed by atoms with E-state index >= 15 is 0 Å². The number of nitrogens with zero attached hydrogens (tertiary/aromatic N) is 2. The van der Waals surface area contributed by atoms with Gasteiger partial charge < -0.3 is 10.0 Å². The van der Waals surface area contributed by atoms with Crippen LogP contribution in [0.15, 0.2) is 30.5 Å². The number of carbonyl (C=O) groups excluding carboxylic acids is 1. The first-order valence-corrected chi connectivity index (χ1v) is 5.51. The maximum absolute atomic E-state index is 13.6. The second kappa shape index (κ2) is 5.01. The first kappa shape index (κ1) is 12.9. The lowest BCUT2D eigenvalue weighted by atomic mass is 10.1. The van der Waals surface area contributed by atoms with Gasteiger partial charge in [0.05, 0.1) is 0 Å². The Morgan fingerprint density at radius 3 is 2.74 bits per heavy atom. The van der Waals surface area contributed by atoms with Crippen LogP contribution >= 0.6 is 0 Å². The van der Waals surface area contributed by atoms with Gasteiger partial charge >= 0.3 is 5.97 Å². The molecular weight excluding hydrogens is 251 g/mol. The number of pyridine rings is 1. The van der Waals surface area contributed by atoms with E-state index in [1.165, 1.54) is 31.4 Å². The van der Waals surface area contributed by atoms with Gasteiger partial charge in [0.25, 0.3) is 5.91 Å². The Kier molecular flexibility index (Phi) is 3.41. The summed E-state index contributed by atoms with van der Waals surface area (Å²) < 4.78 is 13.6. The Labute approximate surface area is 108 Å². The molecule has 2 rings (SSSR count). The molecule has 19 heavy (non-hydrogen) atoms. The summed E-state index contributed by atoms with van der Waals surface area (Å²) in [6.45, 7) is -0.438. The minimum Gasteiger partial charge on any atom is -0.480 e. The first-order chi connectivity index (χ1) is 9.00. The minimum absolute atomic E-state index is 0.0424. The number of carbonyl (C=O) groups is 2. The molecule has 0 radical (unpaired) electrons. The average molecular weight is 262 g/mol. The van der Waals surface area contributed by atoms with Gasteiger partial charge in [-0.05, 0) is 12.1 Å². The molecule has 0 bridgehead atoms. The van der Waals surface area contributed by atoms with Gasteiger partial charge in [-0.1, -0.05) is 12.1 Å². The number of hydrogen-bond donors (Lipinski definition) is 1. The van der Waals surface area contributed by atoms with Crippen LogP contribution < -0.4 is 0 Å². The van der Waals surface area contributed by atoms with E-state index in [0.717, 1.165) is 4.90 Å². The monoisotopic (exact) mass is 262 g/mol. The van der Waals surface area contributed by atoms with Gasteiger partial charge in [0.1, 0.15) is 18.1 Å². The summed E-state index contributed by atoms with van der Waals surface area (Å²) in [6.07, 6.45) is 1.33. The standard InChI is InChI=1S/C13H11FN2O3/c1-16(7-11(17)18)13(19)12-9-3-2-4-10(14)8(9)5-6-15-12/h2-6H,7H2,1H3,(H,17,18). The highest BCUT2D eigenvalue weighted by Gasteiger charge is 2.18. The third-order valence-electron chi connectivity index (χ3n) is 2.67. The molecular formula is C13H11FN2O3. The maximum atomic E-state index is 13.6. The van der Waals surface area contributed by atoms with Crippen LogP contribution in [0.25, 0.3) is 10.8 Å². The molecule has 0 aliphatic heterocycles. The summed E-state index contributed by atoms with van der Waals surface area (Å²) in [5.74, 6) is -2.13. The summed E-state index contributed by atoms with van der Waals surface area (Å²) in [6, 6.07) is 5.82. The third-order valence-corrected chi connectivity index (χ3v) is 2.67. The molecule has 2 aromatic rings. The van der Waals surface area contributed by atoms with Gasteiger partial charge in [0.2, 0.25) is 0 Å². The first-order valence-electron chi connectivity index (χ1n) is 5.51. The van der Waals surface area contributed by atoms with Crippen LogP contribution in [0.3, 0.4) is 0 Å². The molecule has 98 valence electrons. The van der Waals surface area contributed by atoms with Crippen molar-refractivity contribution in [1.82, 2.24) is 9.88 Å². The predicted octanol–water partition coefficient (Wildman–Crippen LogP) is 1.53. The number of hydrogen-bond acceptors (Lipinski definition) is 3. The number of rotatable bonds is 3. The highest BCUT2D eigenvalue weighted by molar-refractivity contribution is 6.05. The summed E-state index contributed by atoms with van der Waals surface area (Å²) in [5, 5.41) is 9.31. The normalized spacial score (nSPS) is 10.4. The summed E-state index contributed by atoms with van der Waals surface area (Å²) in [4.78, 5) is 27.6. The average Bonchev–Trinajstić information content (AvgIpc) is 2.37. The van der Waals surface area contributed by atoms with E-state index in [1.807, 2.05) is 0 Å². The molecule has 1 amide bonds. The fraction of sp³-hybridized carbons (Fsp3) is 0.154. The molecule has 0 saturated carbocycles. The number of halogens is 1. The molecule has 0 saturated heterocycles. The SMILES string of the molecule is CN(CC(=O)O)C(=O)c1nccc2c(F)cccc12. The number of likely N-dealkylation sites (N-methyl/N-ethyl adjacent to an activating group) is 1. The minimum atomic E-state index is -1.12. The lowest BCUT2D eigenvalue weighted by Crippen LogP contribution is -2.32. The Hall–Kier alpha value is -2.50. The molecule has 1 aromatic carbocycles. The van der Waals surface area contributed by atoms with E-state index in [2.05, 4.69) is 4.98 Å². The van der Waals surface area contributed by atoms with Gasteiger partial charge in [-0.25, -0.2) is 4.39 Å². The Bertz CT molecular complexity index is 657. The lowest BCUT2D eigenvalue weighted by molar-refractivity contribution is -0.137. The molecule has 6 heteroatoms. The van der Waals surface area contributed by atoms with Gasteiger partial charge in [0, 0.05) is 24.0 Å². The van der Waals surface area contributed by atoms with Gasteiger partial charge in [0.15, 0.2) is 0 Å². The van der Waals surface area contributed by atoms with E-state index < -0.39 is 24.2 Å². The molecule has 5 nitrogen and oxygen atoms in total. The maximum Gasteiger partial charge on any atom is 0.323 e. The number of carboxylic acid groups (broad SMARTS) is 1. The zero-order valence-corrected chi connectivity index (χ0v) is 10.1.